The van der Waals surface area contributed by atoms with Crippen LogP contribution >= 0.6 is 23.2 Å². The first kappa shape index (κ1) is 18.9. The lowest BCUT2D eigenvalue weighted by Gasteiger charge is -2.13. The Morgan fingerprint density at radius 2 is 1.68 bits per heavy atom. The summed E-state index contributed by atoms with van der Waals surface area (Å²) >= 11 is 11.9. The molecule has 0 unspecified atom stereocenters. The van der Waals surface area contributed by atoms with Crippen LogP contribution in [0.4, 0.5) is 0 Å². The van der Waals surface area contributed by atoms with E-state index in [4.69, 9.17) is 37.4 Å². The summed E-state index contributed by atoms with van der Waals surface area (Å²) in [5, 5.41) is 4.84. The molecule has 1 N–H and O–H groups in total. The van der Waals surface area contributed by atoms with E-state index in [9.17, 15) is 4.79 Å². The van der Waals surface area contributed by atoms with E-state index in [0.29, 0.717) is 38.4 Å². The van der Waals surface area contributed by atoms with Gasteiger partial charge >= 0.3 is 0 Å². The molecule has 0 radical (unpaired) electrons. The van der Waals surface area contributed by atoms with Gasteiger partial charge in [-0.1, -0.05) is 29.3 Å². The van der Waals surface area contributed by atoms with Crippen LogP contribution < -0.4 is 19.6 Å². The zero-order valence-corrected chi connectivity index (χ0v) is 15.3. The fourth-order valence-electron chi connectivity index (χ4n) is 2.04. The molecule has 6 nitrogen and oxygen atoms in total. The van der Waals surface area contributed by atoms with E-state index < -0.39 is 5.91 Å². The second kappa shape index (κ2) is 8.60. The summed E-state index contributed by atoms with van der Waals surface area (Å²) in [6.45, 7) is 0. The van der Waals surface area contributed by atoms with Crippen molar-refractivity contribution >= 4 is 35.3 Å². The van der Waals surface area contributed by atoms with Crippen molar-refractivity contribution in [2.75, 3.05) is 21.3 Å². The fourth-order valence-corrected chi connectivity index (χ4v) is 2.50. The number of nitrogens with zero attached hydrogens (tertiary/aromatic N) is 1. The molecule has 0 saturated heterocycles. The lowest BCUT2D eigenvalue weighted by Crippen LogP contribution is -2.18. The van der Waals surface area contributed by atoms with Gasteiger partial charge < -0.3 is 14.2 Å². The van der Waals surface area contributed by atoms with Gasteiger partial charge in [0, 0.05) is 16.1 Å². The highest BCUT2D eigenvalue weighted by molar-refractivity contribution is 6.36. The highest BCUT2D eigenvalue weighted by atomic mass is 35.5. The highest BCUT2D eigenvalue weighted by Gasteiger charge is 2.16. The molecule has 0 heterocycles. The molecule has 0 bridgehead atoms. The van der Waals surface area contributed by atoms with E-state index in [1.165, 1.54) is 39.7 Å². The number of benzene rings is 2. The van der Waals surface area contributed by atoms with Crippen LogP contribution in [0.2, 0.25) is 10.0 Å². The van der Waals surface area contributed by atoms with Crippen molar-refractivity contribution in [2.24, 2.45) is 5.10 Å². The first-order chi connectivity index (χ1) is 12.0. The Balaban J connectivity index is 2.19. The molecule has 8 heteroatoms. The van der Waals surface area contributed by atoms with Gasteiger partial charge in [-0.25, -0.2) is 5.43 Å². The van der Waals surface area contributed by atoms with E-state index in [0.717, 1.165) is 0 Å². The summed E-state index contributed by atoms with van der Waals surface area (Å²) < 4.78 is 15.7. The average Bonchev–Trinajstić information content (AvgIpc) is 2.61. The number of methoxy groups -OCH3 is 3. The summed E-state index contributed by atoms with van der Waals surface area (Å²) in [6, 6.07) is 8.02. The molecule has 132 valence electrons. The van der Waals surface area contributed by atoms with Gasteiger partial charge in [0.1, 0.15) is 0 Å². The molecule has 0 spiro atoms. The van der Waals surface area contributed by atoms with Gasteiger partial charge in [-0.3, -0.25) is 4.79 Å². The largest absolute Gasteiger partial charge is 0.493 e. The zero-order valence-electron chi connectivity index (χ0n) is 13.8. The van der Waals surface area contributed by atoms with Crippen molar-refractivity contribution in [2.45, 2.75) is 0 Å². The molecule has 0 aliphatic heterocycles. The minimum atomic E-state index is -0.444. The molecule has 25 heavy (non-hydrogen) atoms. The Hall–Kier alpha value is -2.44. The molecular weight excluding hydrogens is 367 g/mol. The summed E-state index contributed by atoms with van der Waals surface area (Å²) in [5.41, 5.74) is 3.34. The number of amides is 1. The maximum atomic E-state index is 12.3. The molecule has 1 amide bonds. The van der Waals surface area contributed by atoms with Crippen molar-refractivity contribution in [3.63, 3.8) is 0 Å². The fraction of sp³-hybridized carbons (Fsp3) is 0.176. The van der Waals surface area contributed by atoms with Crippen molar-refractivity contribution in [1.82, 2.24) is 5.43 Å². The predicted molar refractivity (Wildman–Crippen MR) is 97.6 cm³/mol. The SMILES string of the molecule is COc1cc(C(=O)NN=Cc2ccc(Cl)cc2Cl)cc(OC)c1OC. The van der Waals surface area contributed by atoms with Crippen LogP contribution in [0.5, 0.6) is 17.2 Å². The minimum absolute atomic E-state index is 0.300. The molecule has 0 aliphatic carbocycles. The van der Waals surface area contributed by atoms with Crippen LogP contribution in [0.15, 0.2) is 35.4 Å². The summed E-state index contributed by atoms with van der Waals surface area (Å²) in [4.78, 5) is 12.3. The summed E-state index contributed by atoms with van der Waals surface area (Å²) in [7, 11) is 4.43. The predicted octanol–water partition coefficient (Wildman–Crippen LogP) is 3.78. The van der Waals surface area contributed by atoms with Crippen molar-refractivity contribution in [3.8, 4) is 17.2 Å². The number of halogens is 2. The number of carbonyl (C=O) groups excluding carboxylic acids is 1. The van der Waals surface area contributed by atoms with Gasteiger partial charge in [-0.05, 0) is 24.3 Å². The van der Waals surface area contributed by atoms with E-state index in [2.05, 4.69) is 10.5 Å². The number of hydrogen-bond acceptors (Lipinski definition) is 5. The Bertz CT molecular complexity index is 784. The average molecular weight is 383 g/mol. The maximum Gasteiger partial charge on any atom is 0.271 e. The first-order valence-corrected chi connectivity index (χ1v) is 7.84. The second-order valence-electron chi connectivity index (χ2n) is 4.78. The molecule has 2 aromatic rings. The number of hydrogen-bond donors (Lipinski definition) is 1. The topological polar surface area (TPSA) is 69.2 Å². The molecule has 0 fully saturated rings. The number of carbonyl (C=O) groups is 1. The van der Waals surface area contributed by atoms with Crippen molar-refractivity contribution in [3.05, 3.63) is 51.5 Å². The Kier molecular flexibility index (Phi) is 6.50. The molecule has 0 aliphatic rings. The van der Waals surface area contributed by atoms with E-state index in [1.807, 2.05) is 0 Å². The molecule has 2 rings (SSSR count). The smallest absolute Gasteiger partial charge is 0.271 e. The maximum absolute atomic E-state index is 12.3. The zero-order chi connectivity index (χ0) is 18.4. The minimum Gasteiger partial charge on any atom is -0.493 e. The molecule has 0 saturated carbocycles. The molecule has 0 atom stereocenters. The van der Waals surface area contributed by atoms with Gasteiger partial charge in [0.25, 0.3) is 5.91 Å². The standard InChI is InChI=1S/C17H16Cl2N2O4/c1-23-14-6-11(7-15(24-2)16(14)25-3)17(22)21-20-9-10-4-5-12(18)8-13(10)19/h4-9H,1-3H3,(H,21,22). The van der Waals surface area contributed by atoms with Crippen LogP contribution in [-0.4, -0.2) is 33.5 Å². The number of rotatable bonds is 6. The lowest BCUT2D eigenvalue weighted by atomic mass is 10.1. The Labute approximate surface area is 155 Å². The first-order valence-electron chi connectivity index (χ1n) is 7.08. The summed E-state index contributed by atoms with van der Waals surface area (Å²) in [5.74, 6) is 0.701. The quantitative estimate of drug-likeness (QED) is 0.609. The van der Waals surface area contributed by atoms with Gasteiger partial charge in [-0.2, -0.15) is 5.10 Å². The van der Waals surface area contributed by atoms with E-state index in [-0.39, 0.29) is 0 Å². The molecule has 2 aromatic carbocycles. The van der Waals surface area contributed by atoms with Gasteiger partial charge in [0.2, 0.25) is 5.75 Å². The molecule has 0 aromatic heterocycles. The third kappa shape index (κ3) is 4.55. The van der Waals surface area contributed by atoms with Gasteiger partial charge in [-0.15, -0.1) is 0 Å². The highest BCUT2D eigenvalue weighted by Crippen LogP contribution is 2.38. The Morgan fingerprint density at radius 1 is 1.04 bits per heavy atom. The number of ether oxygens (including phenoxy) is 3. The lowest BCUT2D eigenvalue weighted by molar-refractivity contribution is 0.0954. The van der Waals surface area contributed by atoms with Crippen LogP contribution in [0.25, 0.3) is 0 Å². The van der Waals surface area contributed by atoms with Gasteiger partial charge in [0.05, 0.1) is 32.6 Å². The monoisotopic (exact) mass is 382 g/mol. The van der Waals surface area contributed by atoms with Crippen molar-refractivity contribution < 1.29 is 19.0 Å². The summed E-state index contributed by atoms with van der Waals surface area (Å²) in [6.07, 6.45) is 1.43. The van der Waals surface area contributed by atoms with Crippen molar-refractivity contribution in [1.29, 1.82) is 0 Å². The number of nitrogens with one attached hydrogen (secondary N) is 1. The van der Waals surface area contributed by atoms with E-state index >= 15 is 0 Å². The molecular formula is C17H16Cl2N2O4. The van der Waals surface area contributed by atoms with Crippen LogP contribution in [0.1, 0.15) is 15.9 Å². The third-order valence-corrected chi connectivity index (χ3v) is 3.82. The Morgan fingerprint density at radius 3 is 2.20 bits per heavy atom. The number of hydrazone groups is 1. The van der Waals surface area contributed by atoms with E-state index in [1.54, 1.807) is 18.2 Å². The van der Waals surface area contributed by atoms with Crippen LogP contribution in [0, 0.1) is 0 Å². The van der Waals surface area contributed by atoms with Crippen LogP contribution in [0.3, 0.4) is 0 Å². The third-order valence-electron chi connectivity index (χ3n) is 3.26. The van der Waals surface area contributed by atoms with Gasteiger partial charge in [0.15, 0.2) is 11.5 Å². The normalized spacial score (nSPS) is 10.6. The second-order valence-corrected chi connectivity index (χ2v) is 5.62. The van der Waals surface area contributed by atoms with Crippen LogP contribution in [-0.2, 0) is 0 Å².